The maximum Gasteiger partial charge on any atom is 0.100 e. The van der Waals surface area contributed by atoms with E-state index in [1.807, 2.05) is 0 Å². The molecule has 0 aromatic rings. The Morgan fingerprint density at radius 1 is 0.654 bits per heavy atom. The summed E-state index contributed by atoms with van der Waals surface area (Å²) >= 11 is 2.13. The van der Waals surface area contributed by atoms with Crippen molar-refractivity contribution >= 4 is 20.3 Å². The fourth-order valence-corrected chi connectivity index (χ4v) is 4.92. The Morgan fingerprint density at radius 3 is 1.62 bits per heavy atom. The summed E-state index contributed by atoms with van der Waals surface area (Å²) in [7, 11) is 0.813. The molecule has 0 aliphatic rings. The van der Waals surface area contributed by atoms with E-state index in [9.17, 15) is 0 Å². The Morgan fingerprint density at radius 2 is 1.12 bits per heavy atom. The molecule has 2 N–H and O–H groups in total. The van der Waals surface area contributed by atoms with Gasteiger partial charge < -0.3 is 0 Å². The van der Waals surface area contributed by atoms with E-state index in [1.54, 1.807) is 0 Å². The highest BCUT2D eigenvalue weighted by atomic mass is 32.2. The van der Waals surface area contributed by atoms with Gasteiger partial charge in [0.2, 0.25) is 0 Å². The fraction of sp³-hybridized carbons (Fsp3) is 1.00. The summed E-state index contributed by atoms with van der Waals surface area (Å²) in [6, 6.07) is 0. The molecule has 0 saturated carbocycles. The van der Waals surface area contributed by atoms with Crippen LogP contribution >= 0.6 is 20.3 Å². The van der Waals surface area contributed by atoms with Crippen LogP contribution < -0.4 is 5.90 Å². The second-order valence-corrected chi connectivity index (χ2v) is 9.79. The number of unbranched alkanes of at least 4 members (excludes halogenated alkanes) is 14. The minimum Gasteiger partial charge on any atom is -0.214 e. The minimum atomic E-state index is 0.642. The molecule has 5 heteroatoms. The van der Waals surface area contributed by atoms with Crippen LogP contribution in [0.4, 0.5) is 0 Å². The summed E-state index contributed by atoms with van der Waals surface area (Å²) in [5.74, 6) is 7.46. The molecule has 0 spiro atoms. The molecule has 0 bridgehead atoms. The van der Waals surface area contributed by atoms with Crippen LogP contribution in [0.25, 0.3) is 0 Å². The SMILES string of the molecule is CCCCCCCCCCCCCCCCSCCCCPCOON. The van der Waals surface area contributed by atoms with Crippen LogP contribution in [-0.2, 0) is 9.88 Å². The number of thioether (sulfide) groups is 1. The fourth-order valence-electron chi connectivity index (χ4n) is 3.10. The van der Waals surface area contributed by atoms with Gasteiger partial charge in [-0.25, -0.2) is 4.89 Å². The summed E-state index contributed by atoms with van der Waals surface area (Å²) in [4.78, 5) is 8.75. The van der Waals surface area contributed by atoms with Crippen LogP contribution in [-0.4, -0.2) is 24.0 Å². The zero-order valence-corrected chi connectivity index (χ0v) is 19.3. The molecule has 3 nitrogen and oxygen atoms in total. The number of rotatable bonds is 23. The first-order chi connectivity index (χ1) is 12.9. The van der Waals surface area contributed by atoms with Gasteiger partial charge in [-0.2, -0.15) is 17.7 Å². The molecule has 0 aromatic carbocycles. The molecule has 0 aliphatic carbocycles. The van der Waals surface area contributed by atoms with E-state index in [4.69, 9.17) is 5.90 Å². The highest BCUT2D eigenvalue weighted by Crippen LogP contribution is 2.16. The molecule has 1 atom stereocenters. The lowest BCUT2D eigenvalue weighted by molar-refractivity contribution is -0.284. The van der Waals surface area contributed by atoms with Crippen LogP contribution in [0.5, 0.6) is 0 Å². The molecule has 26 heavy (non-hydrogen) atoms. The van der Waals surface area contributed by atoms with Gasteiger partial charge >= 0.3 is 0 Å². The normalized spacial score (nSPS) is 11.8. The molecule has 0 amide bonds. The summed E-state index contributed by atoms with van der Waals surface area (Å²) in [5.41, 5.74) is 0. The van der Waals surface area contributed by atoms with E-state index >= 15 is 0 Å². The van der Waals surface area contributed by atoms with Crippen LogP contribution in [0.2, 0.25) is 0 Å². The third-order valence-electron chi connectivity index (χ3n) is 4.76. The van der Waals surface area contributed by atoms with E-state index in [0.717, 1.165) is 8.58 Å². The predicted molar refractivity (Wildman–Crippen MR) is 121 cm³/mol. The molecule has 0 aliphatic heterocycles. The first-order valence-electron chi connectivity index (χ1n) is 11.2. The maximum absolute atomic E-state index is 4.80. The van der Waals surface area contributed by atoms with E-state index in [-0.39, 0.29) is 0 Å². The van der Waals surface area contributed by atoms with Crippen molar-refractivity contribution in [1.82, 2.24) is 0 Å². The van der Waals surface area contributed by atoms with E-state index in [2.05, 4.69) is 28.6 Å². The molecule has 0 aromatic heterocycles. The highest BCUT2D eigenvalue weighted by molar-refractivity contribution is 7.99. The van der Waals surface area contributed by atoms with Gasteiger partial charge in [0.25, 0.3) is 0 Å². The smallest absolute Gasteiger partial charge is 0.100 e. The zero-order valence-electron chi connectivity index (χ0n) is 17.4. The second kappa shape index (κ2) is 25.7. The average Bonchev–Trinajstić information content (AvgIpc) is 2.66. The summed E-state index contributed by atoms with van der Waals surface area (Å²) in [5, 5.41) is 0. The first kappa shape index (κ1) is 26.7. The Bertz CT molecular complexity index is 224. The lowest BCUT2D eigenvalue weighted by Gasteiger charge is -2.04. The predicted octanol–water partition coefficient (Wildman–Crippen LogP) is 7.44. The molecule has 0 heterocycles. The zero-order chi connectivity index (χ0) is 19.0. The van der Waals surface area contributed by atoms with Crippen molar-refractivity contribution in [2.75, 3.05) is 24.0 Å². The molecule has 0 radical (unpaired) electrons. The molecule has 158 valence electrons. The molecular formula is C21H46NO2PS. The maximum atomic E-state index is 4.80. The van der Waals surface area contributed by atoms with E-state index < -0.39 is 0 Å². The monoisotopic (exact) mass is 407 g/mol. The Balaban J connectivity index is 2.95. The van der Waals surface area contributed by atoms with Crippen molar-refractivity contribution in [3.05, 3.63) is 0 Å². The second-order valence-electron chi connectivity index (χ2n) is 7.27. The van der Waals surface area contributed by atoms with Gasteiger partial charge in [-0.1, -0.05) is 99.0 Å². The third kappa shape index (κ3) is 24.7. The third-order valence-corrected chi connectivity index (χ3v) is 6.95. The van der Waals surface area contributed by atoms with Crippen LogP contribution in [0.15, 0.2) is 0 Å². The van der Waals surface area contributed by atoms with E-state index in [1.165, 1.54) is 120 Å². The number of nitrogens with two attached hydrogens (primary N) is 1. The van der Waals surface area contributed by atoms with Crippen molar-refractivity contribution < 1.29 is 9.88 Å². The van der Waals surface area contributed by atoms with Crippen LogP contribution in [0.1, 0.15) is 110 Å². The first-order valence-corrected chi connectivity index (χ1v) is 13.8. The molecular weight excluding hydrogens is 361 g/mol. The largest absolute Gasteiger partial charge is 0.214 e. The minimum absolute atomic E-state index is 0.642. The molecule has 0 fully saturated rings. The van der Waals surface area contributed by atoms with Gasteiger partial charge in [0.1, 0.15) is 6.35 Å². The highest BCUT2D eigenvalue weighted by Gasteiger charge is 1.95. The lowest BCUT2D eigenvalue weighted by Crippen LogP contribution is -1.99. The lowest BCUT2D eigenvalue weighted by atomic mass is 10.0. The van der Waals surface area contributed by atoms with Gasteiger partial charge in [0.05, 0.1) is 0 Å². The summed E-state index contributed by atoms with van der Waals surface area (Å²) in [6.07, 6.45) is 24.8. The quantitative estimate of drug-likeness (QED) is 0.0827. The Kier molecular flexibility index (Phi) is 26.3. The average molecular weight is 408 g/mol. The summed E-state index contributed by atoms with van der Waals surface area (Å²) in [6.45, 7) is 2.29. The standard InChI is InChI=1S/C21H46NO2PS/c1-2-3-4-5-6-7-8-9-10-11-12-13-14-16-19-26-20-17-15-18-25-21-23-24-22/h25H,2-22H2,1H3. The van der Waals surface area contributed by atoms with Gasteiger partial charge in [0.15, 0.2) is 0 Å². The van der Waals surface area contributed by atoms with Gasteiger partial charge in [-0.15, -0.1) is 4.99 Å². The molecule has 0 rings (SSSR count). The van der Waals surface area contributed by atoms with Crippen molar-refractivity contribution in [2.24, 2.45) is 5.90 Å². The van der Waals surface area contributed by atoms with Crippen LogP contribution in [0.3, 0.4) is 0 Å². The van der Waals surface area contributed by atoms with Gasteiger partial charge in [-0.05, 0) is 36.9 Å². The van der Waals surface area contributed by atoms with Crippen molar-refractivity contribution in [1.29, 1.82) is 0 Å². The number of hydrogen-bond acceptors (Lipinski definition) is 4. The topological polar surface area (TPSA) is 44.5 Å². The number of hydrogen-bond donors (Lipinski definition) is 1. The molecule has 1 unspecified atom stereocenters. The summed E-state index contributed by atoms with van der Waals surface area (Å²) < 4.78 is 0. The van der Waals surface area contributed by atoms with Crippen LogP contribution in [0, 0.1) is 0 Å². The van der Waals surface area contributed by atoms with Gasteiger partial charge in [0, 0.05) is 0 Å². The molecule has 0 saturated heterocycles. The van der Waals surface area contributed by atoms with Crippen molar-refractivity contribution in [3.63, 3.8) is 0 Å². The Hall–Kier alpha value is 0.660. The Labute approximate surface area is 170 Å². The van der Waals surface area contributed by atoms with Gasteiger partial charge in [-0.3, -0.25) is 0 Å². The van der Waals surface area contributed by atoms with E-state index in [0.29, 0.717) is 6.35 Å². The van der Waals surface area contributed by atoms with Crippen molar-refractivity contribution in [2.45, 2.75) is 110 Å². The van der Waals surface area contributed by atoms with Crippen molar-refractivity contribution in [3.8, 4) is 0 Å².